The van der Waals surface area contributed by atoms with Crippen LogP contribution in [0.15, 0.2) is 77.8 Å². The molecule has 0 amide bonds. The van der Waals surface area contributed by atoms with E-state index in [-0.39, 0.29) is 5.82 Å². The second-order valence-corrected chi connectivity index (χ2v) is 5.51. The van der Waals surface area contributed by atoms with Gasteiger partial charge in [0.25, 0.3) is 0 Å². The van der Waals surface area contributed by atoms with Crippen LogP contribution in [0.4, 0.5) is 24.7 Å². The first-order valence-corrected chi connectivity index (χ1v) is 7.94. The van der Waals surface area contributed by atoms with Gasteiger partial charge < -0.3 is 5.32 Å². The van der Waals surface area contributed by atoms with E-state index in [1.807, 2.05) is 60.7 Å². The summed E-state index contributed by atoms with van der Waals surface area (Å²) in [5, 5.41) is 2.85. The van der Waals surface area contributed by atoms with Gasteiger partial charge in [-0.15, -0.1) is 0 Å². The van der Waals surface area contributed by atoms with Crippen molar-refractivity contribution in [1.29, 1.82) is 0 Å². The normalized spacial score (nSPS) is 11.1. The smallest absolute Gasteiger partial charge is 0.385 e. The SMILES string of the molecule is CNc1ccc(C(F)(F)F)nc1N=C(c1ccccc1)c1ccccc1. The number of anilines is 1. The van der Waals surface area contributed by atoms with Crippen LogP contribution in [0.25, 0.3) is 0 Å². The Labute approximate surface area is 149 Å². The molecular formula is C20H16F3N3. The molecule has 0 aliphatic heterocycles. The van der Waals surface area contributed by atoms with Gasteiger partial charge in [-0.3, -0.25) is 0 Å². The largest absolute Gasteiger partial charge is 0.433 e. The number of rotatable bonds is 4. The summed E-state index contributed by atoms with van der Waals surface area (Å²) < 4.78 is 39.2. The van der Waals surface area contributed by atoms with Gasteiger partial charge in [-0.2, -0.15) is 13.2 Å². The first-order chi connectivity index (χ1) is 12.5. The quantitative estimate of drug-likeness (QED) is 0.644. The van der Waals surface area contributed by atoms with Crippen LogP contribution in [0, 0.1) is 0 Å². The van der Waals surface area contributed by atoms with Gasteiger partial charge in [-0.25, -0.2) is 9.98 Å². The van der Waals surface area contributed by atoms with Gasteiger partial charge in [0.1, 0.15) is 5.69 Å². The van der Waals surface area contributed by atoms with Crippen LogP contribution in [0.3, 0.4) is 0 Å². The zero-order valence-electron chi connectivity index (χ0n) is 14.0. The van der Waals surface area contributed by atoms with E-state index in [4.69, 9.17) is 0 Å². The summed E-state index contributed by atoms with van der Waals surface area (Å²) in [4.78, 5) is 8.22. The second kappa shape index (κ2) is 7.39. The summed E-state index contributed by atoms with van der Waals surface area (Å²) in [7, 11) is 1.62. The monoisotopic (exact) mass is 355 g/mol. The van der Waals surface area contributed by atoms with E-state index in [9.17, 15) is 13.2 Å². The molecular weight excluding hydrogens is 339 g/mol. The summed E-state index contributed by atoms with van der Waals surface area (Å²) in [5.74, 6) is -0.00923. The van der Waals surface area contributed by atoms with Gasteiger partial charge in [0.2, 0.25) is 0 Å². The van der Waals surface area contributed by atoms with Crippen LogP contribution in [-0.4, -0.2) is 17.7 Å². The highest BCUT2D eigenvalue weighted by Crippen LogP contribution is 2.32. The minimum absolute atomic E-state index is 0.00923. The standard InChI is InChI=1S/C20H16F3N3/c1-24-16-12-13-17(20(21,22)23)25-19(16)26-18(14-8-4-2-5-9-14)15-10-6-3-7-11-15/h2-13,24H,1H3. The van der Waals surface area contributed by atoms with Gasteiger partial charge in [0.15, 0.2) is 5.82 Å². The van der Waals surface area contributed by atoms with Crippen molar-refractivity contribution < 1.29 is 13.2 Å². The van der Waals surface area contributed by atoms with Crippen molar-refractivity contribution >= 4 is 17.2 Å². The van der Waals surface area contributed by atoms with Crippen molar-refractivity contribution in [3.8, 4) is 0 Å². The van der Waals surface area contributed by atoms with Crippen molar-refractivity contribution in [2.75, 3.05) is 12.4 Å². The Morgan fingerprint density at radius 3 is 1.85 bits per heavy atom. The predicted octanol–water partition coefficient (Wildman–Crippen LogP) is 5.31. The number of aliphatic imine (C=N–C) groups is 1. The molecule has 0 saturated heterocycles. The molecule has 132 valence electrons. The molecule has 26 heavy (non-hydrogen) atoms. The van der Waals surface area contributed by atoms with E-state index in [0.29, 0.717) is 11.4 Å². The first kappa shape index (κ1) is 17.7. The summed E-state index contributed by atoms with van der Waals surface area (Å²) in [6.07, 6.45) is -4.53. The molecule has 0 spiro atoms. The molecule has 2 aromatic carbocycles. The number of hydrogen-bond donors (Lipinski definition) is 1. The Kier molecular flexibility index (Phi) is 5.02. The molecule has 3 rings (SSSR count). The molecule has 3 nitrogen and oxygen atoms in total. The average Bonchev–Trinajstić information content (AvgIpc) is 2.66. The van der Waals surface area contributed by atoms with Crippen LogP contribution in [-0.2, 0) is 6.18 Å². The Balaban J connectivity index is 2.20. The number of alkyl halides is 3. The van der Waals surface area contributed by atoms with Crippen LogP contribution in [0.1, 0.15) is 16.8 Å². The maximum Gasteiger partial charge on any atom is 0.433 e. The number of pyridine rings is 1. The van der Waals surface area contributed by atoms with Crippen LogP contribution < -0.4 is 5.32 Å². The molecule has 0 fully saturated rings. The molecule has 0 radical (unpaired) electrons. The fourth-order valence-electron chi connectivity index (χ4n) is 2.48. The van der Waals surface area contributed by atoms with Crippen LogP contribution in [0.5, 0.6) is 0 Å². The third-order valence-electron chi connectivity index (χ3n) is 3.75. The lowest BCUT2D eigenvalue weighted by molar-refractivity contribution is -0.141. The molecule has 1 heterocycles. The van der Waals surface area contributed by atoms with Gasteiger partial charge in [0.05, 0.1) is 11.4 Å². The molecule has 1 N–H and O–H groups in total. The number of halogens is 3. The average molecular weight is 355 g/mol. The molecule has 6 heteroatoms. The molecule has 0 aliphatic carbocycles. The third-order valence-corrected chi connectivity index (χ3v) is 3.75. The first-order valence-electron chi connectivity index (χ1n) is 7.94. The fourth-order valence-corrected chi connectivity index (χ4v) is 2.48. The zero-order chi connectivity index (χ0) is 18.6. The van der Waals surface area contributed by atoms with E-state index < -0.39 is 11.9 Å². The maximum atomic E-state index is 13.1. The number of benzene rings is 2. The molecule has 0 aliphatic rings. The minimum atomic E-state index is -4.53. The Bertz CT molecular complexity index is 863. The molecule has 0 saturated carbocycles. The Hall–Kier alpha value is -3.15. The lowest BCUT2D eigenvalue weighted by Crippen LogP contribution is -2.09. The molecule has 0 bridgehead atoms. The predicted molar refractivity (Wildman–Crippen MR) is 97.0 cm³/mol. The van der Waals surface area contributed by atoms with Crippen LogP contribution in [0.2, 0.25) is 0 Å². The van der Waals surface area contributed by atoms with Crippen molar-refractivity contribution in [3.63, 3.8) is 0 Å². The van der Waals surface area contributed by atoms with E-state index in [1.165, 1.54) is 6.07 Å². The third kappa shape index (κ3) is 3.91. The highest BCUT2D eigenvalue weighted by Gasteiger charge is 2.33. The second-order valence-electron chi connectivity index (χ2n) is 5.51. The number of nitrogens with one attached hydrogen (secondary N) is 1. The summed E-state index contributed by atoms with van der Waals surface area (Å²) in [6.45, 7) is 0. The number of aromatic nitrogens is 1. The zero-order valence-corrected chi connectivity index (χ0v) is 14.0. The highest BCUT2D eigenvalue weighted by atomic mass is 19.4. The summed E-state index contributed by atoms with van der Waals surface area (Å²) in [6, 6.07) is 20.9. The van der Waals surface area contributed by atoms with Gasteiger partial charge >= 0.3 is 6.18 Å². The van der Waals surface area contributed by atoms with Gasteiger partial charge in [-0.05, 0) is 12.1 Å². The van der Waals surface area contributed by atoms with E-state index >= 15 is 0 Å². The van der Waals surface area contributed by atoms with Crippen molar-refractivity contribution in [2.24, 2.45) is 4.99 Å². The Morgan fingerprint density at radius 1 is 0.846 bits per heavy atom. The fraction of sp³-hybridized carbons (Fsp3) is 0.100. The lowest BCUT2D eigenvalue weighted by atomic mass is 10.0. The minimum Gasteiger partial charge on any atom is -0.385 e. The number of nitrogens with zero attached hydrogens (tertiary/aromatic N) is 2. The van der Waals surface area contributed by atoms with E-state index in [0.717, 1.165) is 17.2 Å². The summed E-state index contributed by atoms with van der Waals surface area (Å²) >= 11 is 0. The van der Waals surface area contributed by atoms with Crippen molar-refractivity contribution in [2.45, 2.75) is 6.18 Å². The molecule has 0 atom stereocenters. The number of hydrogen-bond acceptors (Lipinski definition) is 3. The van der Waals surface area contributed by atoms with Crippen LogP contribution >= 0.6 is 0 Å². The van der Waals surface area contributed by atoms with E-state index in [1.54, 1.807) is 7.05 Å². The van der Waals surface area contributed by atoms with E-state index in [2.05, 4.69) is 15.3 Å². The summed E-state index contributed by atoms with van der Waals surface area (Å²) in [5.41, 5.74) is 1.58. The molecule has 3 aromatic rings. The lowest BCUT2D eigenvalue weighted by Gasteiger charge is -2.12. The van der Waals surface area contributed by atoms with Gasteiger partial charge in [0, 0.05) is 18.2 Å². The van der Waals surface area contributed by atoms with Crippen molar-refractivity contribution in [3.05, 3.63) is 89.6 Å². The Morgan fingerprint density at radius 2 is 1.38 bits per heavy atom. The van der Waals surface area contributed by atoms with Crippen molar-refractivity contribution in [1.82, 2.24) is 4.98 Å². The van der Waals surface area contributed by atoms with Gasteiger partial charge in [-0.1, -0.05) is 60.7 Å². The highest BCUT2D eigenvalue weighted by molar-refractivity contribution is 6.14. The molecule has 1 aromatic heterocycles. The topological polar surface area (TPSA) is 37.3 Å². The maximum absolute atomic E-state index is 13.1. The molecule has 0 unspecified atom stereocenters.